The van der Waals surface area contributed by atoms with Crippen molar-refractivity contribution >= 4 is 0 Å². The second-order valence-electron chi connectivity index (χ2n) is 9.98. The number of hydrogen-bond donors (Lipinski definition) is 1. The van der Waals surface area contributed by atoms with Crippen molar-refractivity contribution in [1.82, 2.24) is 0 Å². The number of rotatable bonds is 2. The number of hydrogen-bond acceptors (Lipinski definition) is 2. The minimum absolute atomic E-state index is 0.181. The van der Waals surface area contributed by atoms with E-state index in [-0.39, 0.29) is 17.6 Å². The molecular formula is C20H38O2. The van der Waals surface area contributed by atoms with Crippen LogP contribution >= 0.6 is 0 Å². The summed E-state index contributed by atoms with van der Waals surface area (Å²) in [6, 6.07) is 0. The van der Waals surface area contributed by atoms with Gasteiger partial charge in [-0.25, -0.2) is 0 Å². The lowest BCUT2D eigenvalue weighted by Gasteiger charge is -2.45. The molecule has 1 N–H and O–H groups in total. The van der Waals surface area contributed by atoms with E-state index >= 15 is 0 Å². The molecule has 2 rings (SSSR count). The summed E-state index contributed by atoms with van der Waals surface area (Å²) in [7, 11) is 0. The summed E-state index contributed by atoms with van der Waals surface area (Å²) >= 11 is 0. The van der Waals surface area contributed by atoms with Crippen molar-refractivity contribution in [3.05, 3.63) is 0 Å². The predicted octanol–water partition coefficient (Wildman–Crippen LogP) is 5.18. The molecule has 5 unspecified atom stereocenters. The fraction of sp³-hybridized carbons (Fsp3) is 1.00. The van der Waals surface area contributed by atoms with Crippen LogP contribution in [0.3, 0.4) is 0 Å². The van der Waals surface area contributed by atoms with Gasteiger partial charge >= 0.3 is 0 Å². The molecule has 0 aromatic heterocycles. The first-order valence-corrected chi connectivity index (χ1v) is 9.41. The molecule has 0 aliphatic heterocycles. The van der Waals surface area contributed by atoms with E-state index in [9.17, 15) is 5.11 Å². The number of aliphatic hydroxyl groups is 1. The molecule has 2 saturated carbocycles. The standard InChI is InChI=1S/C20H38O2/c1-19(2,3)14-11-15(21)13-16(12-14)22-18-10-8-7-9-17(18)20(4,5)6/h14-18,21H,7-13H2,1-6H3. The highest BCUT2D eigenvalue weighted by Crippen LogP contribution is 2.43. The summed E-state index contributed by atoms with van der Waals surface area (Å²) in [5.41, 5.74) is 0.584. The largest absolute Gasteiger partial charge is 0.393 e. The zero-order valence-corrected chi connectivity index (χ0v) is 15.7. The Bertz CT molecular complexity index is 350. The van der Waals surface area contributed by atoms with E-state index in [1.807, 2.05) is 0 Å². The van der Waals surface area contributed by atoms with E-state index in [4.69, 9.17) is 4.74 Å². The van der Waals surface area contributed by atoms with Gasteiger partial charge in [-0.1, -0.05) is 54.4 Å². The fourth-order valence-corrected chi connectivity index (χ4v) is 4.55. The molecule has 0 saturated heterocycles. The van der Waals surface area contributed by atoms with Gasteiger partial charge in [0, 0.05) is 0 Å². The van der Waals surface area contributed by atoms with Crippen molar-refractivity contribution in [2.24, 2.45) is 22.7 Å². The third-order valence-corrected chi connectivity index (χ3v) is 6.05. The smallest absolute Gasteiger partial charge is 0.0612 e. The zero-order chi connectivity index (χ0) is 16.5. The van der Waals surface area contributed by atoms with E-state index in [0.717, 1.165) is 19.3 Å². The maximum atomic E-state index is 10.3. The van der Waals surface area contributed by atoms with Gasteiger partial charge in [0.15, 0.2) is 0 Å². The molecule has 0 radical (unpaired) electrons. The predicted molar refractivity (Wildman–Crippen MR) is 92.9 cm³/mol. The molecule has 2 heteroatoms. The normalized spacial score (nSPS) is 38.0. The maximum Gasteiger partial charge on any atom is 0.0612 e. The number of aliphatic hydroxyl groups excluding tert-OH is 1. The van der Waals surface area contributed by atoms with Crippen LogP contribution in [-0.2, 0) is 4.74 Å². The highest BCUT2D eigenvalue weighted by atomic mass is 16.5. The quantitative estimate of drug-likeness (QED) is 0.761. The lowest BCUT2D eigenvalue weighted by molar-refractivity contribution is -0.125. The summed E-state index contributed by atoms with van der Waals surface area (Å²) < 4.78 is 6.61. The fourth-order valence-electron chi connectivity index (χ4n) is 4.55. The molecule has 2 aliphatic rings. The second-order valence-corrected chi connectivity index (χ2v) is 9.98. The minimum atomic E-state index is -0.181. The van der Waals surface area contributed by atoms with Gasteiger partial charge in [0.2, 0.25) is 0 Å². The monoisotopic (exact) mass is 310 g/mol. The third kappa shape index (κ3) is 4.71. The van der Waals surface area contributed by atoms with Gasteiger partial charge in [0.05, 0.1) is 18.3 Å². The maximum absolute atomic E-state index is 10.3. The first kappa shape index (κ1) is 18.3. The van der Waals surface area contributed by atoms with Crippen LogP contribution < -0.4 is 0 Å². The summed E-state index contributed by atoms with van der Waals surface area (Å²) in [4.78, 5) is 0. The van der Waals surface area contributed by atoms with Crippen molar-refractivity contribution in [1.29, 1.82) is 0 Å². The Hall–Kier alpha value is -0.0800. The Kier molecular flexibility index (Phi) is 5.65. The molecule has 0 amide bonds. The molecule has 2 fully saturated rings. The lowest BCUT2D eigenvalue weighted by Crippen LogP contribution is -2.43. The van der Waals surface area contributed by atoms with Gasteiger partial charge in [-0.2, -0.15) is 0 Å². The summed E-state index contributed by atoms with van der Waals surface area (Å²) in [6.45, 7) is 14.0. The Balaban J connectivity index is 2.01. The van der Waals surface area contributed by atoms with E-state index in [0.29, 0.717) is 23.4 Å². The van der Waals surface area contributed by atoms with Gasteiger partial charge in [-0.15, -0.1) is 0 Å². The average molecular weight is 311 g/mol. The Morgan fingerprint density at radius 2 is 1.45 bits per heavy atom. The number of ether oxygens (including phenoxy) is 1. The van der Waals surface area contributed by atoms with Gasteiger partial charge in [-0.05, 0) is 54.8 Å². The first-order valence-electron chi connectivity index (χ1n) is 9.41. The van der Waals surface area contributed by atoms with Crippen LogP contribution in [-0.4, -0.2) is 23.4 Å². The van der Waals surface area contributed by atoms with Crippen LogP contribution in [0.4, 0.5) is 0 Å². The van der Waals surface area contributed by atoms with Crippen LogP contribution in [0, 0.1) is 22.7 Å². The lowest BCUT2D eigenvalue weighted by atomic mass is 9.69. The van der Waals surface area contributed by atoms with Gasteiger partial charge in [0.25, 0.3) is 0 Å². The van der Waals surface area contributed by atoms with Crippen molar-refractivity contribution in [2.45, 2.75) is 105 Å². The molecule has 2 nitrogen and oxygen atoms in total. The zero-order valence-electron chi connectivity index (χ0n) is 15.7. The minimum Gasteiger partial charge on any atom is -0.393 e. The summed E-state index contributed by atoms with van der Waals surface area (Å²) in [6.07, 6.45) is 8.51. The van der Waals surface area contributed by atoms with Crippen molar-refractivity contribution in [2.75, 3.05) is 0 Å². The van der Waals surface area contributed by atoms with Crippen molar-refractivity contribution in [3.63, 3.8) is 0 Å². The van der Waals surface area contributed by atoms with Crippen LogP contribution in [0.1, 0.15) is 86.5 Å². The Morgan fingerprint density at radius 1 is 0.818 bits per heavy atom. The van der Waals surface area contributed by atoms with Gasteiger partial charge < -0.3 is 9.84 Å². The van der Waals surface area contributed by atoms with Gasteiger partial charge in [0.1, 0.15) is 0 Å². The van der Waals surface area contributed by atoms with E-state index in [1.165, 1.54) is 25.7 Å². The summed E-state index contributed by atoms with van der Waals surface area (Å²) in [5.74, 6) is 1.23. The second kappa shape index (κ2) is 6.81. The molecule has 2 aliphatic carbocycles. The van der Waals surface area contributed by atoms with Crippen LogP contribution in [0.15, 0.2) is 0 Å². The molecular weight excluding hydrogens is 272 g/mol. The van der Waals surface area contributed by atoms with Crippen LogP contribution in [0.5, 0.6) is 0 Å². The highest BCUT2D eigenvalue weighted by Gasteiger charge is 2.39. The molecule has 0 bridgehead atoms. The Labute approximate surface area is 138 Å². The van der Waals surface area contributed by atoms with Crippen LogP contribution in [0.2, 0.25) is 0 Å². The van der Waals surface area contributed by atoms with Crippen molar-refractivity contribution in [3.8, 4) is 0 Å². The van der Waals surface area contributed by atoms with Gasteiger partial charge in [-0.3, -0.25) is 0 Å². The first-order chi connectivity index (χ1) is 10.1. The van der Waals surface area contributed by atoms with E-state index < -0.39 is 0 Å². The molecule has 5 atom stereocenters. The van der Waals surface area contributed by atoms with Crippen LogP contribution in [0.25, 0.3) is 0 Å². The highest BCUT2D eigenvalue weighted by molar-refractivity contribution is 4.89. The van der Waals surface area contributed by atoms with Crippen molar-refractivity contribution < 1.29 is 9.84 Å². The molecule has 130 valence electrons. The molecule has 0 aromatic carbocycles. The SMILES string of the molecule is CC(C)(C)C1CC(O)CC(OC2CCCCC2C(C)(C)C)C1. The van der Waals surface area contributed by atoms with E-state index in [2.05, 4.69) is 41.5 Å². The molecule has 0 aromatic rings. The molecule has 22 heavy (non-hydrogen) atoms. The topological polar surface area (TPSA) is 29.5 Å². The molecule has 0 heterocycles. The Morgan fingerprint density at radius 3 is 2.05 bits per heavy atom. The molecule has 0 spiro atoms. The summed E-state index contributed by atoms with van der Waals surface area (Å²) in [5, 5.41) is 10.3. The average Bonchev–Trinajstić information content (AvgIpc) is 2.36. The third-order valence-electron chi connectivity index (χ3n) is 6.05. The van der Waals surface area contributed by atoms with E-state index in [1.54, 1.807) is 0 Å².